The van der Waals surface area contributed by atoms with Crippen LogP contribution in [0.15, 0.2) is 59.8 Å². The topological polar surface area (TPSA) is 63.0 Å². The van der Waals surface area contributed by atoms with Gasteiger partial charge in [0.05, 0.1) is 16.0 Å². The minimum atomic E-state index is 0.154. The molecule has 160 valence electrons. The molecule has 2 aromatic carbocycles. The van der Waals surface area contributed by atoms with Crippen molar-refractivity contribution in [2.45, 2.75) is 5.16 Å². The van der Waals surface area contributed by atoms with Gasteiger partial charge in [0.15, 0.2) is 5.16 Å². The van der Waals surface area contributed by atoms with Crippen molar-refractivity contribution in [3.8, 4) is 5.75 Å². The fourth-order valence-electron chi connectivity index (χ4n) is 3.70. The maximum absolute atomic E-state index is 12.7. The number of piperazine rings is 1. The van der Waals surface area contributed by atoms with Gasteiger partial charge in [-0.25, -0.2) is 0 Å². The van der Waals surface area contributed by atoms with Crippen molar-refractivity contribution in [3.63, 3.8) is 0 Å². The van der Waals surface area contributed by atoms with Gasteiger partial charge >= 0.3 is 0 Å². The van der Waals surface area contributed by atoms with Crippen molar-refractivity contribution in [3.05, 3.63) is 54.6 Å². The molecule has 3 heterocycles. The van der Waals surface area contributed by atoms with Crippen molar-refractivity contribution in [1.82, 2.24) is 24.4 Å². The highest BCUT2D eigenvalue weighted by molar-refractivity contribution is 7.99. The van der Waals surface area contributed by atoms with E-state index < -0.39 is 0 Å². The first-order valence-electron chi connectivity index (χ1n) is 10.3. The lowest BCUT2D eigenvalue weighted by Gasteiger charge is -2.34. The number of carbonyl (C=O) groups is 1. The van der Waals surface area contributed by atoms with Gasteiger partial charge < -0.3 is 9.64 Å². The number of hydrogen-bond acceptors (Lipinski definition) is 7. The monoisotopic (exact) mass is 453 g/mol. The first-order valence-corrected chi connectivity index (χ1v) is 12.1. The predicted molar refractivity (Wildman–Crippen MR) is 124 cm³/mol. The second kappa shape index (κ2) is 9.25. The number of fused-ring (bicyclic) bond motifs is 3. The van der Waals surface area contributed by atoms with Gasteiger partial charge in [0.2, 0.25) is 10.9 Å². The number of amides is 1. The lowest BCUT2D eigenvalue weighted by Crippen LogP contribution is -2.50. The van der Waals surface area contributed by atoms with E-state index >= 15 is 0 Å². The third kappa shape index (κ3) is 4.53. The summed E-state index contributed by atoms with van der Waals surface area (Å²) < 4.78 is 9.00. The predicted octanol–water partition coefficient (Wildman–Crippen LogP) is 3.26. The van der Waals surface area contributed by atoms with Gasteiger partial charge in [0.1, 0.15) is 12.4 Å². The second-order valence-electron chi connectivity index (χ2n) is 7.34. The van der Waals surface area contributed by atoms with Gasteiger partial charge in [-0.3, -0.25) is 14.1 Å². The molecule has 1 amide bonds. The SMILES string of the molecule is O=C(CSc1nnc2sc3ccccc3n12)N1CCN(CCOc2ccccc2)CC1. The zero-order valence-corrected chi connectivity index (χ0v) is 18.6. The average Bonchev–Trinajstić information content (AvgIpc) is 3.38. The molecule has 0 spiro atoms. The normalized spacial score (nSPS) is 15.0. The summed E-state index contributed by atoms with van der Waals surface area (Å²) in [6.07, 6.45) is 0. The van der Waals surface area contributed by atoms with Crippen LogP contribution in [0.25, 0.3) is 15.2 Å². The smallest absolute Gasteiger partial charge is 0.233 e. The van der Waals surface area contributed by atoms with Gasteiger partial charge in [-0.1, -0.05) is 53.4 Å². The van der Waals surface area contributed by atoms with Crippen LogP contribution in [0.4, 0.5) is 0 Å². The van der Waals surface area contributed by atoms with Crippen molar-refractivity contribution < 1.29 is 9.53 Å². The summed E-state index contributed by atoms with van der Waals surface area (Å²) in [6.45, 7) is 4.78. The molecule has 4 aromatic rings. The van der Waals surface area contributed by atoms with Crippen molar-refractivity contribution in [1.29, 1.82) is 0 Å². The lowest BCUT2D eigenvalue weighted by atomic mass is 10.3. The van der Waals surface area contributed by atoms with E-state index in [4.69, 9.17) is 4.74 Å². The minimum absolute atomic E-state index is 0.154. The van der Waals surface area contributed by atoms with Crippen LogP contribution in [-0.2, 0) is 4.79 Å². The van der Waals surface area contributed by atoms with Gasteiger partial charge in [0.25, 0.3) is 0 Å². The maximum atomic E-state index is 12.7. The standard InChI is InChI=1S/C22H23N5O2S2/c28-20(16-30-21-23-24-22-27(21)18-8-4-5-9-19(18)31-22)26-12-10-25(11-13-26)14-15-29-17-6-2-1-3-7-17/h1-9H,10-16H2. The van der Waals surface area contributed by atoms with Crippen LogP contribution in [0.1, 0.15) is 0 Å². The highest BCUT2D eigenvalue weighted by Crippen LogP contribution is 2.29. The molecule has 1 aliphatic heterocycles. The lowest BCUT2D eigenvalue weighted by molar-refractivity contribution is -0.130. The number of hydrogen-bond donors (Lipinski definition) is 0. The van der Waals surface area contributed by atoms with Crippen molar-refractivity contribution in [2.75, 3.05) is 45.1 Å². The minimum Gasteiger partial charge on any atom is -0.492 e. The number of benzene rings is 2. The number of carbonyl (C=O) groups excluding carboxylic acids is 1. The van der Waals surface area contributed by atoms with E-state index in [1.54, 1.807) is 11.3 Å². The zero-order valence-electron chi connectivity index (χ0n) is 17.0. The Bertz CT molecular complexity index is 1170. The van der Waals surface area contributed by atoms with E-state index in [2.05, 4.69) is 27.2 Å². The summed E-state index contributed by atoms with van der Waals surface area (Å²) in [6, 6.07) is 18.1. The number of thiazole rings is 1. The number of nitrogens with zero attached hydrogens (tertiary/aromatic N) is 5. The average molecular weight is 454 g/mol. The molecule has 5 rings (SSSR count). The Labute approximate surface area is 188 Å². The molecule has 0 aliphatic carbocycles. The molecule has 0 unspecified atom stereocenters. The molecule has 1 aliphatic rings. The third-order valence-corrected chi connectivity index (χ3v) is 7.31. The molecule has 31 heavy (non-hydrogen) atoms. The van der Waals surface area contributed by atoms with E-state index in [9.17, 15) is 4.79 Å². The highest BCUT2D eigenvalue weighted by Gasteiger charge is 2.22. The van der Waals surface area contributed by atoms with E-state index in [1.807, 2.05) is 51.8 Å². The Kier molecular flexibility index (Phi) is 6.06. The van der Waals surface area contributed by atoms with Gasteiger partial charge in [-0.2, -0.15) is 0 Å². The molecule has 2 aromatic heterocycles. The molecule has 0 atom stereocenters. The number of rotatable bonds is 7. The summed E-state index contributed by atoms with van der Waals surface area (Å²) in [4.78, 5) is 17.9. The van der Waals surface area contributed by atoms with E-state index in [0.29, 0.717) is 12.4 Å². The Hall–Kier alpha value is -2.62. The van der Waals surface area contributed by atoms with Crippen LogP contribution in [0.3, 0.4) is 0 Å². The number of thioether (sulfide) groups is 1. The Morgan fingerprint density at radius 2 is 1.77 bits per heavy atom. The molecule has 9 heteroatoms. The first-order chi connectivity index (χ1) is 15.3. The Balaban J connectivity index is 1.10. The number of aromatic nitrogens is 3. The van der Waals surface area contributed by atoms with Gasteiger partial charge in [-0.05, 0) is 24.3 Å². The van der Waals surface area contributed by atoms with E-state index in [1.165, 1.54) is 16.5 Å². The molecule has 0 N–H and O–H groups in total. The van der Waals surface area contributed by atoms with Gasteiger partial charge in [-0.15, -0.1) is 10.2 Å². The molecule has 7 nitrogen and oxygen atoms in total. The van der Waals surface area contributed by atoms with Crippen molar-refractivity contribution >= 4 is 44.2 Å². The molecule has 0 radical (unpaired) electrons. The quantitative estimate of drug-likeness (QED) is 0.400. The number of ether oxygens (including phenoxy) is 1. The third-order valence-electron chi connectivity index (χ3n) is 5.38. The molecule has 1 saturated heterocycles. The van der Waals surface area contributed by atoms with E-state index in [0.717, 1.165) is 54.1 Å². The summed E-state index contributed by atoms with van der Waals surface area (Å²) in [7, 11) is 0. The second-order valence-corrected chi connectivity index (χ2v) is 9.29. The maximum Gasteiger partial charge on any atom is 0.233 e. The zero-order chi connectivity index (χ0) is 21.0. The summed E-state index contributed by atoms with van der Waals surface area (Å²) in [5.74, 6) is 1.43. The molecule has 0 bridgehead atoms. The van der Waals surface area contributed by atoms with Crippen LogP contribution >= 0.6 is 23.1 Å². The fraction of sp³-hybridized carbons (Fsp3) is 0.318. The molecule has 0 saturated carbocycles. The van der Waals surface area contributed by atoms with Crippen LogP contribution in [0.2, 0.25) is 0 Å². The fourth-order valence-corrected chi connectivity index (χ4v) is 5.57. The van der Waals surface area contributed by atoms with Gasteiger partial charge in [0, 0.05) is 32.7 Å². The van der Waals surface area contributed by atoms with Crippen LogP contribution in [0, 0.1) is 0 Å². The van der Waals surface area contributed by atoms with E-state index in [-0.39, 0.29) is 5.91 Å². The highest BCUT2D eigenvalue weighted by atomic mass is 32.2. The molecule has 1 fully saturated rings. The van der Waals surface area contributed by atoms with Crippen molar-refractivity contribution in [2.24, 2.45) is 0 Å². The Morgan fingerprint density at radius 1 is 1.00 bits per heavy atom. The molecular weight excluding hydrogens is 430 g/mol. The summed E-state index contributed by atoms with van der Waals surface area (Å²) >= 11 is 3.08. The summed E-state index contributed by atoms with van der Waals surface area (Å²) in [5.41, 5.74) is 1.09. The molecular formula is C22H23N5O2S2. The van der Waals surface area contributed by atoms with Crippen LogP contribution < -0.4 is 4.74 Å². The number of para-hydroxylation sites is 2. The summed E-state index contributed by atoms with van der Waals surface area (Å²) in [5, 5.41) is 9.34. The Morgan fingerprint density at radius 3 is 2.61 bits per heavy atom. The van der Waals surface area contributed by atoms with Crippen LogP contribution in [-0.4, -0.2) is 75.4 Å². The first kappa shape index (κ1) is 20.3. The van der Waals surface area contributed by atoms with Crippen LogP contribution in [0.5, 0.6) is 5.75 Å². The largest absolute Gasteiger partial charge is 0.492 e.